The number of rotatable bonds is 4. The molecule has 0 fully saturated rings. The molecule has 18 heavy (non-hydrogen) atoms. The number of phenolic OH excluding ortho intramolecular Hbond substituents is 2. The lowest BCUT2D eigenvalue weighted by atomic mass is 10.0. The molecule has 0 aromatic heterocycles. The van der Waals surface area contributed by atoms with Crippen molar-refractivity contribution in [1.82, 2.24) is 5.32 Å². The van der Waals surface area contributed by atoms with Crippen LogP contribution in [0.1, 0.15) is 24.2 Å². The van der Waals surface area contributed by atoms with Crippen molar-refractivity contribution in [3.05, 3.63) is 23.8 Å². The van der Waals surface area contributed by atoms with E-state index in [1.54, 1.807) is 13.8 Å². The number of carbonyl (C=O) groups excluding carboxylic acids is 1. The van der Waals surface area contributed by atoms with Gasteiger partial charge in [0.2, 0.25) is 0 Å². The first kappa shape index (κ1) is 13.8. The SMILES string of the molecule is CC(C)[C@@H](NC(=O)c1cccc(O)c1O)C(=O)O. The van der Waals surface area contributed by atoms with E-state index in [0.717, 1.165) is 0 Å². The van der Waals surface area contributed by atoms with Crippen LogP contribution < -0.4 is 5.32 Å². The van der Waals surface area contributed by atoms with E-state index >= 15 is 0 Å². The molecule has 0 aliphatic carbocycles. The molecule has 1 aromatic rings. The lowest BCUT2D eigenvalue weighted by Gasteiger charge is -2.18. The Morgan fingerprint density at radius 1 is 1.22 bits per heavy atom. The van der Waals surface area contributed by atoms with Crippen LogP contribution in [0, 0.1) is 5.92 Å². The number of carboxylic acids is 1. The molecule has 0 bridgehead atoms. The van der Waals surface area contributed by atoms with Gasteiger partial charge in [-0.15, -0.1) is 0 Å². The molecule has 1 atom stereocenters. The van der Waals surface area contributed by atoms with Crippen LogP contribution in [0.4, 0.5) is 0 Å². The maximum Gasteiger partial charge on any atom is 0.326 e. The number of hydrogen-bond donors (Lipinski definition) is 4. The molecule has 6 nitrogen and oxygen atoms in total. The van der Waals surface area contributed by atoms with Crippen molar-refractivity contribution in [2.75, 3.05) is 0 Å². The Morgan fingerprint density at radius 3 is 2.33 bits per heavy atom. The van der Waals surface area contributed by atoms with Gasteiger partial charge in [0.1, 0.15) is 6.04 Å². The molecule has 6 heteroatoms. The van der Waals surface area contributed by atoms with Crippen LogP contribution in [0.2, 0.25) is 0 Å². The Labute approximate surface area is 104 Å². The molecule has 0 radical (unpaired) electrons. The van der Waals surface area contributed by atoms with E-state index in [9.17, 15) is 19.8 Å². The smallest absolute Gasteiger partial charge is 0.326 e. The summed E-state index contributed by atoms with van der Waals surface area (Å²) in [4.78, 5) is 22.7. The quantitative estimate of drug-likeness (QED) is 0.597. The van der Waals surface area contributed by atoms with Gasteiger partial charge < -0.3 is 20.6 Å². The summed E-state index contributed by atoms with van der Waals surface area (Å²) in [6.45, 7) is 3.31. The molecule has 1 rings (SSSR count). The van der Waals surface area contributed by atoms with Gasteiger partial charge in [-0.05, 0) is 18.1 Å². The molecule has 4 N–H and O–H groups in total. The zero-order chi connectivity index (χ0) is 13.9. The van der Waals surface area contributed by atoms with Crippen molar-refractivity contribution in [3.8, 4) is 11.5 Å². The Morgan fingerprint density at radius 2 is 1.83 bits per heavy atom. The van der Waals surface area contributed by atoms with Gasteiger partial charge in [0.05, 0.1) is 5.56 Å². The minimum Gasteiger partial charge on any atom is -0.504 e. The summed E-state index contributed by atoms with van der Waals surface area (Å²) in [5.41, 5.74) is -0.165. The lowest BCUT2D eigenvalue weighted by Crippen LogP contribution is -2.44. The second-order valence-corrected chi connectivity index (χ2v) is 4.21. The van der Waals surface area contributed by atoms with E-state index < -0.39 is 29.4 Å². The van der Waals surface area contributed by atoms with Crippen molar-refractivity contribution < 1.29 is 24.9 Å². The summed E-state index contributed by atoms with van der Waals surface area (Å²) in [6.07, 6.45) is 0. The highest BCUT2D eigenvalue weighted by Gasteiger charge is 2.25. The molecule has 0 spiro atoms. The number of aliphatic carboxylic acids is 1. The number of phenols is 2. The number of para-hydroxylation sites is 1. The molecular weight excluding hydrogens is 238 g/mol. The molecule has 0 heterocycles. The second kappa shape index (κ2) is 5.39. The van der Waals surface area contributed by atoms with E-state index in [1.165, 1.54) is 18.2 Å². The van der Waals surface area contributed by atoms with Gasteiger partial charge in [0.15, 0.2) is 11.5 Å². The van der Waals surface area contributed by atoms with E-state index in [-0.39, 0.29) is 11.5 Å². The Hall–Kier alpha value is -2.24. The largest absolute Gasteiger partial charge is 0.504 e. The van der Waals surface area contributed by atoms with Gasteiger partial charge in [-0.3, -0.25) is 4.79 Å². The van der Waals surface area contributed by atoms with Crippen molar-refractivity contribution in [2.24, 2.45) is 5.92 Å². The van der Waals surface area contributed by atoms with Crippen molar-refractivity contribution in [3.63, 3.8) is 0 Å². The van der Waals surface area contributed by atoms with E-state index in [4.69, 9.17) is 5.11 Å². The number of hydrogen-bond acceptors (Lipinski definition) is 4. The molecule has 1 amide bonds. The van der Waals surface area contributed by atoms with Gasteiger partial charge in [0.25, 0.3) is 5.91 Å². The summed E-state index contributed by atoms with van der Waals surface area (Å²) >= 11 is 0. The molecule has 98 valence electrons. The molecule has 0 aliphatic rings. The fourth-order valence-corrected chi connectivity index (χ4v) is 1.45. The summed E-state index contributed by atoms with van der Waals surface area (Å²) in [7, 11) is 0. The van der Waals surface area contributed by atoms with Crippen LogP contribution >= 0.6 is 0 Å². The third-order valence-corrected chi connectivity index (χ3v) is 2.48. The van der Waals surface area contributed by atoms with Crippen LogP contribution in [0.15, 0.2) is 18.2 Å². The monoisotopic (exact) mass is 253 g/mol. The van der Waals surface area contributed by atoms with Crippen LogP contribution in [0.25, 0.3) is 0 Å². The van der Waals surface area contributed by atoms with Crippen molar-refractivity contribution in [2.45, 2.75) is 19.9 Å². The molecular formula is C12H15NO5. The highest BCUT2D eigenvalue weighted by molar-refractivity contribution is 5.99. The van der Waals surface area contributed by atoms with E-state index in [1.807, 2.05) is 0 Å². The summed E-state index contributed by atoms with van der Waals surface area (Å²) < 4.78 is 0. The van der Waals surface area contributed by atoms with Crippen LogP contribution in [-0.2, 0) is 4.79 Å². The van der Waals surface area contributed by atoms with Gasteiger partial charge in [-0.2, -0.15) is 0 Å². The average molecular weight is 253 g/mol. The van der Waals surface area contributed by atoms with Gasteiger partial charge in [-0.25, -0.2) is 4.79 Å². The number of carboxylic acid groups (broad SMARTS) is 1. The minimum atomic E-state index is -1.15. The maximum absolute atomic E-state index is 11.8. The van der Waals surface area contributed by atoms with Gasteiger partial charge in [-0.1, -0.05) is 19.9 Å². The molecule has 0 aliphatic heterocycles. The molecule has 0 saturated carbocycles. The van der Waals surface area contributed by atoms with Crippen LogP contribution in [0.3, 0.4) is 0 Å². The number of aromatic hydroxyl groups is 2. The Bertz CT molecular complexity index is 470. The van der Waals surface area contributed by atoms with Gasteiger partial charge >= 0.3 is 5.97 Å². The topological polar surface area (TPSA) is 107 Å². The summed E-state index contributed by atoms with van der Waals surface area (Å²) in [5.74, 6) is -3.20. The first-order valence-electron chi connectivity index (χ1n) is 5.39. The predicted molar refractivity (Wildman–Crippen MR) is 63.5 cm³/mol. The number of nitrogens with one attached hydrogen (secondary N) is 1. The summed E-state index contributed by atoms with van der Waals surface area (Å²) in [5, 5.41) is 30.0. The maximum atomic E-state index is 11.8. The standard InChI is InChI=1S/C12H15NO5/c1-6(2)9(12(17)18)13-11(16)7-4-3-5-8(14)10(7)15/h3-6,9,14-15H,1-2H3,(H,13,16)(H,17,18)/t9-/m1/s1. The highest BCUT2D eigenvalue weighted by atomic mass is 16.4. The van der Waals surface area contributed by atoms with Crippen LogP contribution in [-0.4, -0.2) is 33.2 Å². The predicted octanol–water partition coefficient (Wildman–Crippen LogP) is 0.937. The first-order valence-corrected chi connectivity index (χ1v) is 5.39. The van der Waals surface area contributed by atoms with Gasteiger partial charge in [0, 0.05) is 0 Å². The number of amides is 1. The minimum absolute atomic E-state index is 0.165. The van der Waals surface area contributed by atoms with Crippen molar-refractivity contribution >= 4 is 11.9 Å². The molecule has 0 saturated heterocycles. The third kappa shape index (κ3) is 2.91. The molecule has 0 unspecified atom stereocenters. The first-order chi connectivity index (χ1) is 8.34. The van der Waals surface area contributed by atoms with Crippen LogP contribution in [0.5, 0.6) is 11.5 Å². The normalized spacial score (nSPS) is 12.2. The third-order valence-electron chi connectivity index (χ3n) is 2.48. The Balaban J connectivity index is 2.94. The fourth-order valence-electron chi connectivity index (χ4n) is 1.45. The fraction of sp³-hybridized carbons (Fsp3) is 0.333. The van der Waals surface area contributed by atoms with Crippen molar-refractivity contribution in [1.29, 1.82) is 0 Å². The van der Waals surface area contributed by atoms with E-state index in [0.29, 0.717) is 0 Å². The summed E-state index contributed by atoms with van der Waals surface area (Å²) in [6, 6.07) is 2.85. The second-order valence-electron chi connectivity index (χ2n) is 4.21. The Kier molecular flexibility index (Phi) is 4.14. The zero-order valence-corrected chi connectivity index (χ0v) is 10.0. The lowest BCUT2D eigenvalue weighted by molar-refractivity contribution is -0.140. The number of benzene rings is 1. The average Bonchev–Trinajstić information content (AvgIpc) is 2.28. The highest BCUT2D eigenvalue weighted by Crippen LogP contribution is 2.28. The van der Waals surface area contributed by atoms with E-state index in [2.05, 4.69) is 5.32 Å². The number of carbonyl (C=O) groups is 2. The zero-order valence-electron chi connectivity index (χ0n) is 10.0. The molecule has 1 aromatic carbocycles.